The summed E-state index contributed by atoms with van der Waals surface area (Å²) in [6.07, 6.45) is 4.17. The second-order valence-electron chi connectivity index (χ2n) is 4.72. The van der Waals surface area contributed by atoms with E-state index >= 15 is 0 Å². The standard InChI is InChI=1S/C14H15N4O/c15-12-7-9-3-4-17-14(16)11(9)6-10(12)8-18-5-1-2-13(18)19/h2-4,6-7H,1,5,8,15H2,(H2,16,17). The maximum Gasteiger partial charge on any atom is 0.226 e. The van der Waals surface area contributed by atoms with Gasteiger partial charge < -0.3 is 16.4 Å². The Labute approximate surface area is 111 Å². The summed E-state index contributed by atoms with van der Waals surface area (Å²) in [6.45, 7) is 1.27. The summed E-state index contributed by atoms with van der Waals surface area (Å²) >= 11 is 0. The van der Waals surface area contributed by atoms with E-state index in [-0.39, 0.29) is 5.91 Å². The fraction of sp³-hybridized carbons (Fsp3) is 0.214. The number of hydrogen-bond acceptors (Lipinski definition) is 4. The van der Waals surface area contributed by atoms with Gasteiger partial charge in [-0.2, -0.15) is 0 Å². The van der Waals surface area contributed by atoms with Crippen molar-refractivity contribution in [3.8, 4) is 0 Å². The molecule has 1 aliphatic rings. The van der Waals surface area contributed by atoms with E-state index in [4.69, 9.17) is 11.5 Å². The lowest BCUT2D eigenvalue weighted by Gasteiger charge is -2.17. The van der Waals surface area contributed by atoms with Crippen LogP contribution >= 0.6 is 0 Å². The summed E-state index contributed by atoms with van der Waals surface area (Å²) in [7, 11) is 0. The van der Waals surface area contributed by atoms with Crippen molar-refractivity contribution in [2.75, 3.05) is 18.0 Å². The van der Waals surface area contributed by atoms with E-state index in [1.54, 1.807) is 17.5 Å². The Bertz CT molecular complexity index is 653. The van der Waals surface area contributed by atoms with Gasteiger partial charge in [0.25, 0.3) is 0 Å². The molecular weight excluding hydrogens is 240 g/mol. The first-order valence-corrected chi connectivity index (χ1v) is 6.20. The summed E-state index contributed by atoms with van der Waals surface area (Å²) in [5.41, 5.74) is 13.5. The molecule has 5 nitrogen and oxygen atoms in total. The van der Waals surface area contributed by atoms with E-state index in [1.165, 1.54) is 0 Å². The highest BCUT2D eigenvalue weighted by Crippen LogP contribution is 2.26. The Morgan fingerprint density at radius 1 is 1.32 bits per heavy atom. The molecule has 1 fully saturated rings. The summed E-state index contributed by atoms with van der Waals surface area (Å²) in [6, 6.07) is 5.69. The van der Waals surface area contributed by atoms with Crippen LogP contribution < -0.4 is 11.5 Å². The van der Waals surface area contributed by atoms with Gasteiger partial charge in [-0.3, -0.25) is 4.79 Å². The molecule has 5 heteroatoms. The Morgan fingerprint density at radius 2 is 2.16 bits per heavy atom. The Balaban J connectivity index is 2.01. The molecule has 0 aliphatic carbocycles. The largest absolute Gasteiger partial charge is 0.398 e. The highest BCUT2D eigenvalue weighted by molar-refractivity contribution is 5.94. The van der Waals surface area contributed by atoms with Crippen LogP contribution in [-0.2, 0) is 11.3 Å². The molecule has 1 radical (unpaired) electrons. The van der Waals surface area contributed by atoms with Gasteiger partial charge >= 0.3 is 0 Å². The maximum absolute atomic E-state index is 11.6. The molecule has 0 atom stereocenters. The number of likely N-dealkylation sites (tertiary alicyclic amines) is 1. The van der Waals surface area contributed by atoms with E-state index in [1.807, 2.05) is 18.2 Å². The van der Waals surface area contributed by atoms with Crippen molar-refractivity contribution in [3.05, 3.63) is 36.4 Å². The number of anilines is 2. The molecule has 1 aromatic heterocycles. The smallest absolute Gasteiger partial charge is 0.226 e. The van der Waals surface area contributed by atoms with Crippen LogP contribution in [0.15, 0.2) is 24.4 Å². The first-order valence-electron chi connectivity index (χ1n) is 6.20. The number of amides is 1. The molecule has 0 unspecified atom stereocenters. The first kappa shape index (κ1) is 11.8. The zero-order chi connectivity index (χ0) is 13.4. The van der Waals surface area contributed by atoms with E-state index in [0.29, 0.717) is 18.1 Å². The van der Waals surface area contributed by atoms with Gasteiger partial charge in [-0.05, 0) is 35.6 Å². The molecule has 1 aromatic carbocycles. The average Bonchev–Trinajstić information content (AvgIpc) is 2.77. The van der Waals surface area contributed by atoms with Gasteiger partial charge in [-0.25, -0.2) is 4.98 Å². The second-order valence-corrected chi connectivity index (χ2v) is 4.72. The molecule has 1 saturated heterocycles. The zero-order valence-corrected chi connectivity index (χ0v) is 10.5. The minimum absolute atomic E-state index is 0.0682. The van der Waals surface area contributed by atoms with Gasteiger partial charge in [0, 0.05) is 30.4 Å². The molecular formula is C14H15N4O. The van der Waals surface area contributed by atoms with Crippen molar-refractivity contribution in [1.29, 1.82) is 0 Å². The van der Waals surface area contributed by atoms with Crippen molar-refractivity contribution in [3.63, 3.8) is 0 Å². The first-order chi connectivity index (χ1) is 9.15. The monoisotopic (exact) mass is 255 g/mol. The third kappa shape index (κ3) is 2.07. The number of nitrogens with two attached hydrogens (primary N) is 2. The Hall–Kier alpha value is -2.30. The van der Waals surface area contributed by atoms with Crippen molar-refractivity contribution < 1.29 is 4.79 Å². The number of carbonyl (C=O) groups is 1. The molecule has 4 N–H and O–H groups in total. The molecule has 2 heterocycles. The molecule has 1 amide bonds. The number of carbonyl (C=O) groups excluding carboxylic acids is 1. The van der Waals surface area contributed by atoms with Crippen molar-refractivity contribution >= 4 is 28.2 Å². The number of nitrogen functional groups attached to an aromatic ring is 2. The summed E-state index contributed by atoms with van der Waals surface area (Å²) in [4.78, 5) is 17.5. The SMILES string of the molecule is Nc1cc2ccnc(N)c2cc1CN1CC[CH]C1=O. The molecule has 3 rings (SSSR count). The predicted molar refractivity (Wildman–Crippen MR) is 74.9 cm³/mol. The molecule has 0 bridgehead atoms. The van der Waals surface area contributed by atoms with E-state index in [0.717, 1.165) is 29.3 Å². The van der Waals surface area contributed by atoms with Crippen LogP contribution in [0.5, 0.6) is 0 Å². The Morgan fingerprint density at radius 3 is 2.89 bits per heavy atom. The van der Waals surface area contributed by atoms with Crippen LogP contribution in [0, 0.1) is 6.42 Å². The lowest BCUT2D eigenvalue weighted by atomic mass is 10.1. The average molecular weight is 255 g/mol. The fourth-order valence-electron chi connectivity index (χ4n) is 2.39. The molecule has 0 saturated carbocycles. The number of fused-ring (bicyclic) bond motifs is 1. The van der Waals surface area contributed by atoms with E-state index in [9.17, 15) is 4.79 Å². The van der Waals surface area contributed by atoms with Gasteiger partial charge in [-0.15, -0.1) is 0 Å². The van der Waals surface area contributed by atoms with E-state index < -0.39 is 0 Å². The second kappa shape index (κ2) is 4.42. The van der Waals surface area contributed by atoms with Gasteiger partial charge in [0.05, 0.1) is 6.42 Å². The summed E-state index contributed by atoms with van der Waals surface area (Å²) in [5, 5.41) is 1.84. The third-order valence-electron chi connectivity index (χ3n) is 3.45. The molecule has 19 heavy (non-hydrogen) atoms. The fourth-order valence-corrected chi connectivity index (χ4v) is 2.39. The highest BCUT2D eigenvalue weighted by atomic mass is 16.2. The predicted octanol–water partition coefficient (Wildman–Crippen LogP) is 1.34. The van der Waals surface area contributed by atoms with Crippen LogP contribution in [0.25, 0.3) is 10.8 Å². The lowest BCUT2D eigenvalue weighted by molar-refractivity contribution is -0.125. The normalized spacial score (nSPS) is 15.4. The topological polar surface area (TPSA) is 85.2 Å². The summed E-state index contributed by atoms with van der Waals surface area (Å²) < 4.78 is 0. The van der Waals surface area contributed by atoms with Gasteiger partial charge in [0.15, 0.2) is 0 Å². The molecule has 1 aliphatic heterocycles. The summed E-state index contributed by atoms with van der Waals surface area (Å²) in [5.74, 6) is 0.553. The van der Waals surface area contributed by atoms with Crippen LogP contribution in [0.1, 0.15) is 12.0 Å². The van der Waals surface area contributed by atoms with Crippen LogP contribution in [-0.4, -0.2) is 22.3 Å². The Kier molecular flexibility index (Phi) is 2.74. The molecule has 97 valence electrons. The number of aromatic nitrogens is 1. The van der Waals surface area contributed by atoms with Crippen LogP contribution in [0.3, 0.4) is 0 Å². The van der Waals surface area contributed by atoms with E-state index in [2.05, 4.69) is 4.98 Å². The molecule has 0 spiro atoms. The van der Waals surface area contributed by atoms with Crippen molar-refractivity contribution in [1.82, 2.24) is 9.88 Å². The van der Waals surface area contributed by atoms with Gasteiger partial charge in [0.2, 0.25) is 5.91 Å². The van der Waals surface area contributed by atoms with Crippen LogP contribution in [0.2, 0.25) is 0 Å². The quantitative estimate of drug-likeness (QED) is 0.793. The lowest BCUT2D eigenvalue weighted by Crippen LogP contribution is -2.24. The maximum atomic E-state index is 11.6. The number of nitrogens with zero attached hydrogens (tertiary/aromatic N) is 2. The van der Waals surface area contributed by atoms with Gasteiger partial charge in [0.1, 0.15) is 5.82 Å². The minimum Gasteiger partial charge on any atom is -0.398 e. The van der Waals surface area contributed by atoms with Crippen molar-refractivity contribution in [2.24, 2.45) is 0 Å². The minimum atomic E-state index is 0.0682. The highest BCUT2D eigenvalue weighted by Gasteiger charge is 2.21. The molecule has 2 aromatic rings. The number of pyridine rings is 1. The zero-order valence-electron chi connectivity index (χ0n) is 10.5. The van der Waals surface area contributed by atoms with Crippen molar-refractivity contribution in [2.45, 2.75) is 13.0 Å². The van der Waals surface area contributed by atoms with Crippen LogP contribution in [0.4, 0.5) is 11.5 Å². The third-order valence-corrected chi connectivity index (χ3v) is 3.45. The number of benzene rings is 1. The number of hydrogen-bond donors (Lipinski definition) is 2. The number of rotatable bonds is 2. The van der Waals surface area contributed by atoms with Gasteiger partial charge in [-0.1, -0.05) is 0 Å².